The molecule has 3 rings (SSSR count). The third kappa shape index (κ3) is 2.59. The number of hydrogen-bond donors (Lipinski definition) is 0. The summed E-state index contributed by atoms with van der Waals surface area (Å²) in [6.07, 6.45) is 6.65. The molecule has 1 aromatic rings. The van der Waals surface area contributed by atoms with E-state index in [2.05, 4.69) is 33.4 Å². The van der Waals surface area contributed by atoms with Crippen molar-refractivity contribution in [3.05, 3.63) is 18.2 Å². The van der Waals surface area contributed by atoms with E-state index in [-0.39, 0.29) is 0 Å². The zero-order chi connectivity index (χ0) is 13.1. The number of hydrogen-bond acceptors (Lipinski definition) is 3. The standard InChI is InChI=1S/C12H20N4.C2H6/c1-14-7-10-3-4-11(8-14)16(10)9-12-13-5-6-15(12)2;1-2/h5-6,10-11H,3-4,7-9H2,1-2H3;1-2H3. The minimum Gasteiger partial charge on any atom is -0.337 e. The molecule has 0 aliphatic carbocycles. The second-order valence-electron chi connectivity index (χ2n) is 5.23. The van der Waals surface area contributed by atoms with Gasteiger partial charge in [-0.2, -0.15) is 0 Å². The summed E-state index contributed by atoms with van der Waals surface area (Å²) in [6.45, 7) is 7.47. The molecule has 2 aliphatic heterocycles. The number of rotatable bonds is 2. The molecular weight excluding hydrogens is 224 g/mol. The number of piperazine rings is 1. The smallest absolute Gasteiger partial charge is 0.122 e. The SMILES string of the molecule is CC.CN1CC2CCC(C1)N2Cc1nccn1C. The largest absolute Gasteiger partial charge is 0.337 e. The van der Waals surface area contributed by atoms with E-state index in [1.165, 1.54) is 31.8 Å². The molecule has 4 heteroatoms. The Morgan fingerprint density at radius 3 is 2.28 bits per heavy atom. The van der Waals surface area contributed by atoms with E-state index in [4.69, 9.17) is 0 Å². The molecule has 0 spiro atoms. The van der Waals surface area contributed by atoms with Crippen molar-refractivity contribution in [2.45, 2.75) is 45.3 Å². The molecule has 0 radical (unpaired) electrons. The van der Waals surface area contributed by atoms with Crippen molar-refractivity contribution in [3.63, 3.8) is 0 Å². The zero-order valence-corrected chi connectivity index (χ0v) is 12.1. The highest BCUT2D eigenvalue weighted by Gasteiger charge is 2.38. The molecule has 2 unspecified atom stereocenters. The number of nitrogens with zero attached hydrogens (tertiary/aromatic N) is 4. The Kier molecular flexibility index (Phi) is 4.40. The first-order chi connectivity index (χ1) is 8.74. The second kappa shape index (κ2) is 5.85. The van der Waals surface area contributed by atoms with Gasteiger partial charge in [-0.15, -0.1) is 0 Å². The maximum atomic E-state index is 4.43. The van der Waals surface area contributed by atoms with Gasteiger partial charge >= 0.3 is 0 Å². The lowest BCUT2D eigenvalue weighted by Gasteiger charge is -2.39. The summed E-state index contributed by atoms with van der Waals surface area (Å²) in [6, 6.07) is 1.50. The Labute approximate surface area is 111 Å². The Morgan fingerprint density at radius 2 is 1.78 bits per heavy atom. The third-order valence-electron chi connectivity index (χ3n) is 4.06. The fourth-order valence-corrected chi connectivity index (χ4v) is 3.17. The van der Waals surface area contributed by atoms with Gasteiger partial charge in [0.05, 0.1) is 6.54 Å². The predicted octanol–water partition coefficient (Wildman–Crippen LogP) is 1.72. The van der Waals surface area contributed by atoms with E-state index in [9.17, 15) is 0 Å². The number of fused-ring (bicyclic) bond motifs is 2. The van der Waals surface area contributed by atoms with E-state index < -0.39 is 0 Å². The van der Waals surface area contributed by atoms with Crippen LogP contribution in [0.4, 0.5) is 0 Å². The highest BCUT2D eigenvalue weighted by Crippen LogP contribution is 2.30. The Bertz CT molecular complexity index is 360. The number of imidazole rings is 1. The first-order valence-corrected chi connectivity index (χ1v) is 7.14. The lowest BCUT2D eigenvalue weighted by Crippen LogP contribution is -2.51. The fraction of sp³-hybridized carbons (Fsp3) is 0.786. The summed E-state index contributed by atoms with van der Waals surface area (Å²) in [7, 11) is 4.32. The van der Waals surface area contributed by atoms with E-state index in [0.29, 0.717) is 0 Å². The summed E-state index contributed by atoms with van der Waals surface area (Å²) in [5.41, 5.74) is 0. The summed E-state index contributed by atoms with van der Waals surface area (Å²) >= 11 is 0. The van der Waals surface area contributed by atoms with Crippen molar-refractivity contribution >= 4 is 0 Å². The first kappa shape index (κ1) is 13.6. The van der Waals surface area contributed by atoms with Crippen LogP contribution in [0.15, 0.2) is 12.4 Å². The van der Waals surface area contributed by atoms with Gasteiger partial charge in [0, 0.05) is 44.6 Å². The summed E-state index contributed by atoms with van der Waals surface area (Å²) in [4.78, 5) is 9.56. The Morgan fingerprint density at radius 1 is 1.17 bits per heavy atom. The second-order valence-corrected chi connectivity index (χ2v) is 5.23. The highest BCUT2D eigenvalue weighted by molar-refractivity contribution is 4.99. The first-order valence-electron chi connectivity index (χ1n) is 7.14. The van der Waals surface area contributed by atoms with Crippen LogP contribution in [0.3, 0.4) is 0 Å². The van der Waals surface area contributed by atoms with Crippen LogP contribution in [0.5, 0.6) is 0 Å². The third-order valence-corrected chi connectivity index (χ3v) is 4.06. The van der Waals surface area contributed by atoms with E-state index in [1.54, 1.807) is 0 Å². The van der Waals surface area contributed by atoms with Crippen LogP contribution in [0.2, 0.25) is 0 Å². The molecule has 2 aliphatic rings. The van der Waals surface area contributed by atoms with E-state index >= 15 is 0 Å². The van der Waals surface area contributed by atoms with Crippen LogP contribution in [-0.4, -0.2) is 51.6 Å². The van der Waals surface area contributed by atoms with Gasteiger partial charge in [-0.05, 0) is 19.9 Å². The van der Waals surface area contributed by atoms with Crippen molar-refractivity contribution in [3.8, 4) is 0 Å². The molecule has 2 bridgehead atoms. The van der Waals surface area contributed by atoms with Crippen LogP contribution >= 0.6 is 0 Å². The lowest BCUT2D eigenvalue weighted by molar-refractivity contribution is 0.0730. The average Bonchev–Trinajstić information content (AvgIpc) is 2.86. The van der Waals surface area contributed by atoms with Gasteiger partial charge in [0.2, 0.25) is 0 Å². The molecule has 102 valence electrons. The molecule has 0 N–H and O–H groups in total. The molecule has 18 heavy (non-hydrogen) atoms. The Hall–Kier alpha value is -0.870. The maximum Gasteiger partial charge on any atom is 0.122 e. The van der Waals surface area contributed by atoms with Gasteiger partial charge in [0.15, 0.2) is 0 Å². The maximum absolute atomic E-state index is 4.43. The minimum absolute atomic E-state index is 0.750. The number of likely N-dealkylation sites (N-methyl/N-ethyl adjacent to an activating group) is 1. The highest BCUT2D eigenvalue weighted by atomic mass is 15.3. The molecule has 0 aromatic carbocycles. The van der Waals surface area contributed by atoms with Crippen molar-refractivity contribution in [1.82, 2.24) is 19.4 Å². The molecular formula is C14H26N4. The van der Waals surface area contributed by atoms with Crippen LogP contribution in [-0.2, 0) is 13.6 Å². The van der Waals surface area contributed by atoms with Crippen LogP contribution in [0.25, 0.3) is 0 Å². The molecule has 0 amide bonds. The molecule has 4 nitrogen and oxygen atoms in total. The lowest BCUT2D eigenvalue weighted by atomic mass is 10.2. The Balaban J connectivity index is 0.000000574. The van der Waals surface area contributed by atoms with Crippen molar-refractivity contribution in [2.75, 3.05) is 20.1 Å². The van der Waals surface area contributed by atoms with E-state index in [0.717, 1.165) is 18.6 Å². The van der Waals surface area contributed by atoms with Crippen molar-refractivity contribution in [2.24, 2.45) is 7.05 Å². The monoisotopic (exact) mass is 250 g/mol. The summed E-state index contributed by atoms with van der Waals surface area (Å²) in [5, 5.41) is 0. The summed E-state index contributed by atoms with van der Waals surface area (Å²) in [5.74, 6) is 1.20. The van der Waals surface area contributed by atoms with Crippen LogP contribution < -0.4 is 0 Å². The van der Waals surface area contributed by atoms with Crippen molar-refractivity contribution in [1.29, 1.82) is 0 Å². The number of likely N-dealkylation sites (tertiary alicyclic amines) is 1. The predicted molar refractivity (Wildman–Crippen MR) is 74.4 cm³/mol. The van der Waals surface area contributed by atoms with Crippen LogP contribution in [0, 0.1) is 0 Å². The van der Waals surface area contributed by atoms with Gasteiger partial charge in [-0.1, -0.05) is 13.8 Å². The molecule has 1 aromatic heterocycles. The van der Waals surface area contributed by atoms with Gasteiger partial charge in [-0.25, -0.2) is 4.98 Å². The average molecular weight is 250 g/mol. The quantitative estimate of drug-likeness (QED) is 0.799. The van der Waals surface area contributed by atoms with Gasteiger partial charge in [0.1, 0.15) is 5.82 Å². The zero-order valence-electron chi connectivity index (χ0n) is 12.1. The number of aryl methyl sites for hydroxylation is 1. The molecule has 2 atom stereocenters. The topological polar surface area (TPSA) is 24.3 Å². The van der Waals surface area contributed by atoms with Gasteiger partial charge in [0.25, 0.3) is 0 Å². The molecule has 0 saturated carbocycles. The number of aromatic nitrogens is 2. The van der Waals surface area contributed by atoms with Gasteiger partial charge in [-0.3, -0.25) is 4.90 Å². The normalized spacial score (nSPS) is 28.0. The molecule has 3 heterocycles. The van der Waals surface area contributed by atoms with Crippen LogP contribution in [0.1, 0.15) is 32.5 Å². The molecule has 2 fully saturated rings. The van der Waals surface area contributed by atoms with E-state index in [1.807, 2.05) is 26.2 Å². The molecule has 2 saturated heterocycles. The van der Waals surface area contributed by atoms with Gasteiger partial charge < -0.3 is 9.47 Å². The minimum atomic E-state index is 0.750. The summed E-state index contributed by atoms with van der Waals surface area (Å²) < 4.78 is 2.14. The van der Waals surface area contributed by atoms with Crippen molar-refractivity contribution < 1.29 is 0 Å². The fourth-order valence-electron chi connectivity index (χ4n) is 3.17.